The van der Waals surface area contributed by atoms with Crippen molar-refractivity contribution < 1.29 is 4.74 Å². The lowest BCUT2D eigenvalue weighted by Gasteiger charge is -2.26. The van der Waals surface area contributed by atoms with Gasteiger partial charge in [-0.2, -0.15) is 0 Å². The highest BCUT2D eigenvalue weighted by molar-refractivity contribution is 4.74. The predicted molar refractivity (Wildman–Crippen MR) is 69.7 cm³/mol. The van der Waals surface area contributed by atoms with E-state index in [0.717, 1.165) is 6.61 Å². The van der Waals surface area contributed by atoms with Crippen molar-refractivity contribution in [2.24, 2.45) is 5.41 Å². The van der Waals surface area contributed by atoms with Crippen LogP contribution in [0.1, 0.15) is 59.3 Å². The second-order valence-corrected chi connectivity index (χ2v) is 6.32. The lowest BCUT2D eigenvalue weighted by Crippen LogP contribution is -2.30. The van der Waals surface area contributed by atoms with Crippen molar-refractivity contribution in [1.29, 1.82) is 0 Å². The van der Waals surface area contributed by atoms with Crippen molar-refractivity contribution >= 4 is 0 Å². The molecule has 16 heavy (non-hydrogen) atoms. The van der Waals surface area contributed by atoms with Crippen molar-refractivity contribution in [3.63, 3.8) is 0 Å². The van der Waals surface area contributed by atoms with Crippen LogP contribution in [0.4, 0.5) is 0 Å². The van der Waals surface area contributed by atoms with E-state index in [1.54, 1.807) is 0 Å². The molecule has 96 valence electrons. The first-order chi connectivity index (χ1) is 7.51. The molecule has 0 aromatic rings. The Morgan fingerprint density at radius 3 is 2.62 bits per heavy atom. The van der Waals surface area contributed by atoms with Crippen molar-refractivity contribution in [1.82, 2.24) is 5.32 Å². The van der Waals surface area contributed by atoms with Gasteiger partial charge in [-0.1, -0.05) is 20.8 Å². The molecular formula is C14H29NO. The van der Waals surface area contributed by atoms with Crippen LogP contribution < -0.4 is 5.32 Å². The molecule has 2 unspecified atom stereocenters. The minimum absolute atomic E-state index is 0.428. The summed E-state index contributed by atoms with van der Waals surface area (Å²) in [7, 11) is 2.09. The van der Waals surface area contributed by atoms with E-state index in [4.69, 9.17) is 4.74 Å². The first-order valence-electron chi connectivity index (χ1n) is 6.80. The molecular weight excluding hydrogens is 198 g/mol. The fraction of sp³-hybridized carbons (Fsp3) is 1.00. The molecule has 1 rings (SSSR count). The summed E-state index contributed by atoms with van der Waals surface area (Å²) in [5, 5.41) is 3.44. The van der Waals surface area contributed by atoms with Crippen LogP contribution in [0.2, 0.25) is 0 Å². The Morgan fingerprint density at radius 1 is 1.38 bits per heavy atom. The summed E-state index contributed by atoms with van der Waals surface area (Å²) in [5.41, 5.74) is 0.428. The van der Waals surface area contributed by atoms with E-state index in [1.807, 2.05) is 0 Å². The SMILES string of the molecule is CNC(CCCC1CCCO1)CC(C)(C)C. The lowest BCUT2D eigenvalue weighted by molar-refractivity contribution is 0.101. The molecule has 2 atom stereocenters. The van der Waals surface area contributed by atoms with E-state index in [2.05, 4.69) is 33.1 Å². The monoisotopic (exact) mass is 227 g/mol. The summed E-state index contributed by atoms with van der Waals surface area (Å²) < 4.78 is 5.65. The van der Waals surface area contributed by atoms with Gasteiger partial charge in [-0.3, -0.25) is 0 Å². The zero-order chi connectivity index (χ0) is 12.0. The van der Waals surface area contributed by atoms with E-state index >= 15 is 0 Å². The van der Waals surface area contributed by atoms with Crippen molar-refractivity contribution in [3.05, 3.63) is 0 Å². The van der Waals surface area contributed by atoms with Gasteiger partial charge in [0.15, 0.2) is 0 Å². The van der Waals surface area contributed by atoms with Crippen molar-refractivity contribution in [3.8, 4) is 0 Å². The third-order valence-corrected chi connectivity index (χ3v) is 3.37. The van der Waals surface area contributed by atoms with Crippen LogP contribution in [0.5, 0.6) is 0 Å². The van der Waals surface area contributed by atoms with Crippen LogP contribution >= 0.6 is 0 Å². The molecule has 0 amide bonds. The summed E-state index contributed by atoms with van der Waals surface area (Å²) in [6.07, 6.45) is 8.20. The quantitative estimate of drug-likeness (QED) is 0.751. The fourth-order valence-corrected chi connectivity index (χ4v) is 2.55. The van der Waals surface area contributed by atoms with Gasteiger partial charge in [0, 0.05) is 12.6 Å². The minimum Gasteiger partial charge on any atom is -0.378 e. The average Bonchev–Trinajstić information content (AvgIpc) is 2.67. The topological polar surface area (TPSA) is 21.3 Å². The Hall–Kier alpha value is -0.0800. The standard InChI is InChI=1S/C14H29NO/c1-14(2,3)11-12(15-4)7-5-8-13-9-6-10-16-13/h12-13,15H,5-11H2,1-4H3. The second-order valence-electron chi connectivity index (χ2n) is 6.32. The number of hydrogen-bond acceptors (Lipinski definition) is 2. The van der Waals surface area contributed by atoms with E-state index in [0.29, 0.717) is 17.6 Å². The molecule has 1 N–H and O–H groups in total. The first-order valence-corrected chi connectivity index (χ1v) is 6.80. The normalized spacial score (nSPS) is 23.6. The smallest absolute Gasteiger partial charge is 0.0576 e. The Labute approximate surface area is 101 Å². The molecule has 0 saturated carbocycles. The molecule has 2 nitrogen and oxygen atoms in total. The average molecular weight is 227 g/mol. The molecule has 0 aromatic carbocycles. The van der Waals surface area contributed by atoms with Crippen molar-refractivity contribution in [2.45, 2.75) is 71.4 Å². The highest BCUT2D eigenvalue weighted by Gasteiger charge is 2.19. The fourth-order valence-electron chi connectivity index (χ4n) is 2.55. The maximum Gasteiger partial charge on any atom is 0.0576 e. The van der Waals surface area contributed by atoms with Crippen LogP contribution in [0.15, 0.2) is 0 Å². The number of rotatable bonds is 6. The Kier molecular flexibility index (Phi) is 5.77. The molecule has 0 aromatic heterocycles. The Bertz CT molecular complexity index is 180. The summed E-state index contributed by atoms with van der Waals surface area (Å²) in [6, 6.07) is 0.668. The molecule has 0 aliphatic carbocycles. The van der Waals surface area contributed by atoms with Crippen LogP contribution in [0.3, 0.4) is 0 Å². The molecule has 1 saturated heterocycles. The zero-order valence-electron chi connectivity index (χ0n) is 11.5. The predicted octanol–water partition coefficient (Wildman–Crippen LogP) is 3.36. The maximum atomic E-state index is 5.65. The summed E-state index contributed by atoms with van der Waals surface area (Å²) >= 11 is 0. The molecule has 1 heterocycles. The van der Waals surface area contributed by atoms with Gasteiger partial charge < -0.3 is 10.1 Å². The third kappa shape index (κ3) is 5.86. The number of hydrogen-bond donors (Lipinski definition) is 1. The van der Waals surface area contributed by atoms with Crippen LogP contribution in [0, 0.1) is 5.41 Å². The zero-order valence-corrected chi connectivity index (χ0v) is 11.5. The summed E-state index contributed by atoms with van der Waals surface area (Å²) in [4.78, 5) is 0. The maximum absolute atomic E-state index is 5.65. The van der Waals surface area contributed by atoms with Crippen molar-refractivity contribution in [2.75, 3.05) is 13.7 Å². The highest BCUT2D eigenvalue weighted by Crippen LogP contribution is 2.24. The molecule has 2 heteroatoms. The van der Waals surface area contributed by atoms with E-state index in [1.165, 1.54) is 38.5 Å². The van der Waals surface area contributed by atoms with Gasteiger partial charge in [0.1, 0.15) is 0 Å². The second kappa shape index (κ2) is 6.61. The summed E-state index contributed by atoms with van der Waals surface area (Å²) in [5.74, 6) is 0. The molecule has 0 spiro atoms. The number of ether oxygens (including phenoxy) is 1. The van der Waals surface area contributed by atoms with Crippen LogP contribution in [-0.2, 0) is 4.74 Å². The minimum atomic E-state index is 0.428. The van der Waals surface area contributed by atoms with Gasteiger partial charge in [-0.05, 0) is 51.0 Å². The van der Waals surface area contributed by atoms with Crippen LogP contribution in [-0.4, -0.2) is 25.8 Å². The van der Waals surface area contributed by atoms with E-state index in [-0.39, 0.29) is 0 Å². The van der Waals surface area contributed by atoms with Crippen LogP contribution in [0.25, 0.3) is 0 Å². The molecule has 0 radical (unpaired) electrons. The lowest BCUT2D eigenvalue weighted by atomic mass is 9.86. The molecule has 0 bridgehead atoms. The van der Waals surface area contributed by atoms with Gasteiger partial charge in [-0.25, -0.2) is 0 Å². The van der Waals surface area contributed by atoms with Gasteiger partial charge in [-0.15, -0.1) is 0 Å². The largest absolute Gasteiger partial charge is 0.378 e. The molecule has 1 fully saturated rings. The highest BCUT2D eigenvalue weighted by atomic mass is 16.5. The Morgan fingerprint density at radius 2 is 2.12 bits per heavy atom. The van der Waals surface area contributed by atoms with Gasteiger partial charge in [0.05, 0.1) is 6.10 Å². The van der Waals surface area contributed by atoms with Gasteiger partial charge in [0.25, 0.3) is 0 Å². The molecule has 1 aliphatic heterocycles. The summed E-state index contributed by atoms with van der Waals surface area (Å²) in [6.45, 7) is 7.94. The van der Waals surface area contributed by atoms with E-state index < -0.39 is 0 Å². The van der Waals surface area contributed by atoms with E-state index in [9.17, 15) is 0 Å². The number of nitrogens with one attached hydrogen (secondary N) is 1. The van der Waals surface area contributed by atoms with Gasteiger partial charge in [0.2, 0.25) is 0 Å². The third-order valence-electron chi connectivity index (χ3n) is 3.37. The first kappa shape index (κ1) is 14.0. The Balaban J connectivity index is 2.13. The van der Waals surface area contributed by atoms with Gasteiger partial charge >= 0.3 is 0 Å². The molecule has 1 aliphatic rings.